The molecule has 120 valence electrons. The molecule has 6 heteroatoms. The quantitative estimate of drug-likeness (QED) is 0.656. The topological polar surface area (TPSA) is 80.2 Å². The maximum Gasteiger partial charge on any atom is 0.271 e. The van der Waals surface area contributed by atoms with Crippen LogP contribution in [0.3, 0.4) is 0 Å². The summed E-state index contributed by atoms with van der Waals surface area (Å²) in [7, 11) is 3.08. The summed E-state index contributed by atoms with van der Waals surface area (Å²) in [6.45, 7) is 1.69. The first-order chi connectivity index (χ1) is 11.0. The van der Waals surface area contributed by atoms with Crippen LogP contribution in [-0.4, -0.2) is 30.9 Å². The molecule has 0 saturated heterocycles. The highest BCUT2D eigenvalue weighted by Crippen LogP contribution is 2.23. The molecule has 0 bridgehead atoms. The summed E-state index contributed by atoms with van der Waals surface area (Å²) in [5, 5.41) is 14.0. The molecule has 2 rings (SSSR count). The monoisotopic (exact) mass is 314 g/mol. The van der Waals surface area contributed by atoms with Crippen molar-refractivity contribution < 1.29 is 19.4 Å². The van der Waals surface area contributed by atoms with Gasteiger partial charge in [0.2, 0.25) is 0 Å². The summed E-state index contributed by atoms with van der Waals surface area (Å²) in [5.74, 6) is 0.898. The number of nitrogens with one attached hydrogen (secondary N) is 1. The predicted molar refractivity (Wildman–Crippen MR) is 87.3 cm³/mol. The second-order valence-electron chi connectivity index (χ2n) is 4.75. The highest BCUT2D eigenvalue weighted by molar-refractivity contribution is 6.02. The van der Waals surface area contributed by atoms with Crippen molar-refractivity contribution in [3.63, 3.8) is 0 Å². The molecule has 0 radical (unpaired) electrons. The first-order valence-electron chi connectivity index (χ1n) is 6.91. The van der Waals surface area contributed by atoms with E-state index >= 15 is 0 Å². The van der Waals surface area contributed by atoms with E-state index in [1.807, 2.05) is 0 Å². The highest BCUT2D eigenvalue weighted by Gasteiger charge is 2.08. The molecule has 0 heterocycles. The molecule has 23 heavy (non-hydrogen) atoms. The zero-order valence-electron chi connectivity index (χ0n) is 13.2. The smallest absolute Gasteiger partial charge is 0.271 e. The molecule has 2 aromatic carbocycles. The van der Waals surface area contributed by atoms with E-state index in [1.165, 1.54) is 13.2 Å². The number of methoxy groups -OCH3 is 2. The maximum absolute atomic E-state index is 12.0. The number of aromatic hydroxyl groups is 1. The molecule has 6 nitrogen and oxygen atoms in total. The molecule has 0 saturated carbocycles. The molecule has 2 aromatic rings. The zero-order chi connectivity index (χ0) is 16.8. The first-order valence-corrected chi connectivity index (χ1v) is 6.91. The van der Waals surface area contributed by atoms with Gasteiger partial charge >= 0.3 is 0 Å². The average molecular weight is 314 g/mol. The van der Waals surface area contributed by atoms with Crippen molar-refractivity contribution in [1.29, 1.82) is 0 Å². The number of amides is 1. The predicted octanol–water partition coefficient (Wildman–Crippen LogP) is 2.56. The Morgan fingerprint density at radius 1 is 1.04 bits per heavy atom. The van der Waals surface area contributed by atoms with E-state index < -0.39 is 0 Å². The van der Waals surface area contributed by atoms with E-state index in [1.54, 1.807) is 50.4 Å². The van der Waals surface area contributed by atoms with Crippen LogP contribution in [-0.2, 0) is 0 Å². The summed E-state index contributed by atoms with van der Waals surface area (Å²) in [5.41, 5.74) is 3.91. The Hall–Kier alpha value is -3.02. The summed E-state index contributed by atoms with van der Waals surface area (Å²) >= 11 is 0. The van der Waals surface area contributed by atoms with E-state index in [-0.39, 0.29) is 11.7 Å². The Morgan fingerprint density at radius 3 is 2.22 bits per heavy atom. The summed E-state index contributed by atoms with van der Waals surface area (Å²) in [4.78, 5) is 12.0. The third-order valence-corrected chi connectivity index (χ3v) is 3.27. The van der Waals surface area contributed by atoms with Gasteiger partial charge in [-0.25, -0.2) is 5.43 Å². The molecule has 0 aliphatic heterocycles. The number of hydrogen-bond donors (Lipinski definition) is 2. The van der Waals surface area contributed by atoms with Crippen LogP contribution in [0.5, 0.6) is 17.2 Å². The van der Waals surface area contributed by atoms with Gasteiger partial charge in [0.05, 0.1) is 19.9 Å². The lowest BCUT2D eigenvalue weighted by Crippen LogP contribution is -2.19. The van der Waals surface area contributed by atoms with Crippen LogP contribution in [0.15, 0.2) is 47.6 Å². The van der Waals surface area contributed by atoms with Crippen LogP contribution in [0.25, 0.3) is 0 Å². The van der Waals surface area contributed by atoms with E-state index in [9.17, 15) is 9.90 Å². The van der Waals surface area contributed by atoms with Crippen molar-refractivity contribution in [1.82, 2.24) is 5.43 Å². The number of hydrazone groups is 1. The molecule has 2 N–H and O–H groups in total. The maximum atomic E-state index is 12.0. The Morgan fingerprint density at radius 2 is 1.65 bits per heavy atom. The van der Waals surface area contributed by atoms with Gasteiger partial charge in [0.15, 0.2) is 0 Å². The standard InChI is InChI=1S/C17H18N2O4/c1-11(15-9-8-14(23-3)10-16(15)20)18-19-17(21)12-4-6-13(22-2)7-5-12/h4-10,20H,1-3H3,(H,19,21). The van der Waals surface area contributed by atoms with Gasteiger partial charge in [-0.15, -0.1) is 0 Å². The van der Waals surface area contributed by atoms with Gasteiger partial charge in [0.25, 0.3) is 5.91 Å². The normalized spacial score (nSPS) is 11.0. The number of phenols is 1. The molecule has 1 amide bonds. The second kappa shape index (κ2) is 7.31. The Kier molecular flexibility index (Phi) is 5.19. The molecular weight excluding hydrogens is 296 g/mol. The van der Waals surface area contributed by atoms with E-state index in [0.29, 0.717) is 28.3 Å². The lowest BCUT2D eigenvalue weighted by molar-refractivity contribution is 0.0955. The van der Waals surface area contributed by atoms with Crippen LogP contribution in [0, 0.1) is 0 Å². The third-order valence-electron chi connectivity index (χ3n) is 3.27. The van der Waals surface area contributed by atoms with Gasteiger partial charge in [-0.2, -0.15) is 5.10 Å². The van der Waals surface area contributed by atoms with Crippen molar-refractivity contribution in [2.24, 2.45) is 5.10 Å². The van der Waals surface area contributed by atoms with Crippen molar-refractivity contribution in [2.45, 2.75) is 6.92 Å². The van der Waals surface area contributed by atoms with Crippen LogP contribution in [0.2, 0.25) is 0 Å². The van der Waals surface area contributed by atoms with Gasteiger partial charge < -0.3 is 14.6 Å². The summed E-state index contributed by atoms with van der Waals surface area (Å²) < 4.78 is 10.1. The molecule has 0 aliphatic rings. The van der Waals surface area contributed by atoms with Crippen LogP contribution in [0.1, 0.15) is 22.8 Å². The van der Waals surface area contributed by atoms with Crippen LogP contribution >= 0.6 is 0 Å². The van der Waals surface area contributed by atoms with Crippen LogP contribution in [0.4, 0.5) is 0 Å². The fourth-order valence-corrected chi connectivity index (χ4v) is 1.95. The lowest BCUT2D eigenvalue weighted by atomic mass is 10.1. The Labute approximate surface area is 134 Å². The summed E-state index contributed by atoms with van der Waals surface area (Å²) in [6, 6.07) is 11.5. The highest BCUT2D eigenvalue weighted by atomic mass is 16.5. The number of benzene rings is 2. The van der Waals surface area contributed by atoms with Gasteiger partial charge in [0, 0.05) is 17.2 Å². The number of carbonyl (C=O) groups is 1. The van der Waals surface area contributed by atoms with E-state index in [4.69, 9.17) is 9.47 Å². The molecular formula is C17H18N2O4. The minimum absolute atomic E-state index is 0.0318. The number of phenolic OH excluding ortho intramolecular Hbond substituents is 1. The number of nitrogens with zero attached hydrogens (tertiary/aromatic N) is 1. The fraction of sp³-hybridized carbons (Fsp3) is 0.176. The van der Waals surface area contributed by atoms with Gasteiger partial charge in [-0.1, -0.05) is 0 Å². The zero-order valence-corrected chi connectivity index (χ0v) is 13.2. The fourth-order valence-electron chi connectivity index (χ4n) is 1.95. The molecule has 0 atom stereocenters. The molecule has 0 aromatic heterocycles. The largest absolute Gasteiger partial charge is 0.507 e. The minimum Gasteiger partial charge on any atom is -0.507 e. The molecule has 0 unspecified atom stereocenters. The van der Waals surface area contributed by atoms with Crippen molar-refractivity contribution in [3.8, 4) is 17.2 Å². The molecule has 0 spiro atoms. The number of carbonyl (C=O) groups excluding carboxylic acids is 1. The van der Waals surface area contributed by atoms with Crippen molar-refractivity contribution in [3.05, 3.63) is 53.6 Å². The third kappa shape index (κ3) is 4.00. The number of ether oxygens (including phenoxy) is 2. The Bertz CT molecular complexity index is 724. The summed E-state index contributed by atoms with van der Waals surface area (Å²) in [6.07, 6.45) is 0. The van der Waals surface area contributed by atoms with Crippen molar-refractivity contribution >= 4 is 11.6 Å². The van der Waals surface area contributed by atoms with Crippen molar-refractivity contribution in [2.75, 3.05) is 14.2 Å². The van der Waals surface area contributed by atoms with Gasteiger partial charge in [0.1, 0.15) is 17.2 Å². The van der Waals surface area contributed by atoms with Crippen LogP contribution < -0.4 is 14.9 Å². The first kappa shape index (κ1) is 16.4. The average Bonchev–Trinajstić information content (AvgIpc) is 2.59. The second-order valence-corrected chi connectivity index (χ2v) is 4.75. The van der Waals surface area contributed by atoms with Gasteiger partial charge in [-0.05, 0) is 43.3 Å². The molecule has 0 fully saturated rings. The van der Waals surface area contributed by atoms with E-state index in [2.05, 4.69) is 10.5 Å². The number of hydrogen-bond acceptors (Lipinski definition) is 5. The Balaban J connectivity index is 2.10. The van der Waals surface area contributed by atoms with Gasteiger partial charge in [-0.3, -0.25) is 4.79 Å². The SMILES string of the molecule is COc1ccc(C(=O)NN=C(C)c2ccc(OC)cc2O)cc1. The lowest BCUT2D eigenvalue weighted by Gasteiger charge is -2.07. The molecule has 0 aliphatic carbocycles. The number of rotatable bonds is 5. The minimum atomic E-state index is -0.347. The van der Waals surface area contributed by atoms with E-state index in [0.717, 1.165) is 0 Å².